The molecule has 1 heterocycles. The van der Waals surface area contributed by atoms with Crippen LogP contribution in [0, 0.1) is 5.92 Å². The Hall–Kier alpha value is -1.79. The number of rotatable bonds is 4. The molecule has 0 saturated heterocycles. The summed E-state index contributed by atoms with van der Waals surface area (Å²) >= 11 is 0. The Labute approximate surface area is 127 Å². The lowest BCUT2D eigenvalue weighted by Gasteiger charge is -2.27. The number of carbonyl (C=O) groups excluding carboxylic acids is 1. The highest BCUT2D eigenvalue weighted by Gasteiger charge is 2.46. The summed E-state index contributed by atoms with van der Waals surface area (Å²) in [5.74, 6) is -0.528. The Morgan fingerprint density at radius 1 is 1.32 bits per heavy atom. The fourth-order valence-electron chi connectivity index (χ4n) is 2.85. The largest absolute Gasteiger partial charge is 0.408 e. The number of nitrogens with zero attached hydrogens (tertiary/aromatic N) is 1. The number of nitrogens with one attached hydrogen (secondary N) is 2. The molecule has 22 heavy (non-hydrogen) atoms. The number of hydrogen-bond donors (Lipinski definition) is 2. The number of halogens is 3. The minimum Gasteiger partial charge on any atom is -0.332 e. The van der Waals surface area contributed by atoms with Crippen molar-refractivity contribution in [3.8, 4) is 0 Å². The second-order valence-electron chi connectivity index (χ2n) is 5.69. The molecule has 0 bridgehead atoms. The Morgan fingerprint density at radius 3 is 2.55 bits per heavy atom. The summed E-state index contributed by atoms with van der Waals surface area (Å²) in [6, 6.07) is 0.478. The van der Waals surface area contributed by atoms with Crippen LogP contribution in [0.25, 0.3) is 0 Å². The maximum atomic E-state index is 13.1. The van der Waals surface area contributed by atoms with Crippen LogP contribution < -0.4 is 10.6 Å². The van der Waals surface area contributed by atoms with Crippen LogP contribution in [0.5, 0.6) is 0 Å². The molecule has 0 aliphatic heterocycles. The number of alkyl halides is 3. The maximum absolute atomic E-state index is 13.1. The summed E-state index contributed by atoms with van der Waals surface area (Å²) < 4.78 is 39.4. The van der Waals surface area contributed by atoms with Gasteiger partial charge in [0.05, 0.1) is 6.04 Å². The fourth-order valence-corrected chi connectivity index (χ4v) is 2.85. The van der Waals surface area contributed by atoms with Gasteiger partial charge < -0.3 is 10.6 Å². The van der Waals surface area contributed by atoms with Gasteiger partial charge in [-0.05, 0) is 37.3 Å². The number of amides is 2. The highest BCUT2D eigenvalue weighted by atomic mass is 19.4. The smallest absolute Gasteiger partial charge is 0.332 e. The van der Waals surface area contributed by atoms with Crippen LogP contribution in [0.3, 0.4) is 0 Å². The topological polar surface area (TPSA) is 54.0 Å². The third-order valence-electron chi connectivity index (χ3n) is 4.04. The first-order chi connectivity index (χ1) is 10.4. The van der Waals surface area contributed by atoms with Crippen LogP contribution in [-0.4, -0.2) is 23.2 Å². The van der Waals surface area contributed by atoms with Gasteiger partial charge in [0.2, 0.25) is 0 Å². The minimum atomic E-state index is -4.43. The van der Waals surface area contributed by atoms with Gasteiger partial charge in [0.15, 0.2) is 0 Å². The lowest BCUT2D eigenvalue weighted by Crippen LogP contribution is -2.52. The molecule has 1 aromatic rings. The highest BCUT2D eigenvalue weighted by molar-refractivity contribution is 5.74. The van der Waals surface area contributed by atoms with E-state index in [0.29, 0.717) is 12.8 Å². The molecule has 0 unspecified atom stereocenters. The summed E-state index contributed by atoms with van der Waals surface area (Å²) in [5.41, 5.74) is 0.738. The molecule has 1 aliphatic rings. The molecule has 0 spiro atoms. The van der Waals surface area contributed by atoms with E-state index in [-0.39, 0.29) is 0 Å². The molecule has 0 radical (unpaired) electrons. The van der Waals surface area contributed by atoms with E-state index in [0.717, 1.165) is 18.4 Å². The van der Waals surface area contributed by atoms with Crippen molar-refractivity contribution in [2.24, 2.45) is 5.92 Å². The lowest BCUT2D eigenvalue weighted by molar-refractivity contribution is -0.164. The predicted molar refractivity (Wildman–Crippen MR) is 76.1 cm³/mol. The molecule has 1 aliphatic carbocycles. The predicted octanol–water partition coefficient (Wildman–Crippen LogP) is 3.56. The van der Waals surface area contributed by atoms with Crippen molar-refractivity contribution in [2.75, 3.05) is 0 Å². The average Bonchev–Trinajstić information content (AvgIpc) is 2.98. The van der Waals surface area contributed by atoms with Crippen LogP contribution in [0.1, 0.15) is 44.2 Å². The lowest BCUT2D eigenvalue weighted by atomic mass is 9.98. The van der Waals surface area contributed by atoms with Gasteiger partial charge in [0, 0.05) is 12.4 Å². The fraction of sp³-hybridized carbons (Fsp3) is 0.600. The average molecular weight is 315 g/mol. The van der Waals surface area contributed by atoms with Crippen LogP contribution >= 0.6 is 0 Å². The number of carbonyl (C=O) groups is 1. The number of hydrogen-bond acceptors (Lipinski definition) is 2. The number of aromatic nitrogens is 1. The van der Waals surface area contributed by atoms with Crippen LogP contribution in [0.2, 0.25) is 0 Å². The first-order valence-electron chi connectivity index (χ1n) is 7.41. The van der Waals surface area contributed by atoms with Gasteiger partial charge >= 0.3 is 12.2 Å². The van der Waals surface area contributed by atoms with Gasteiger partial charge in [-0.25, -0.2) is 4.79 Å². The van der Waals surface area contributed by atoms with Crippen molar-refractivity contribution in [3.05, 3.63) is 30.1 Å². The second kappa shape index (κ2) is 6.98. The first kappa shape index (κ1) is 16.6. The SMILES string of the molecule is C[C@@H](NC(=O)N[C@@H](C1CCCC1)C(F)(F)F)c1cccnc1. The summed E-state index contributed by atoms with van der Waals surface area (Å²) in [6.07, 6.45) is 1.31. The molecule has 7 heteroatoms. The first-order valence-corrected chi connectivity index (χ1v) is 7.41. The summed E-state index contributed by atoms with van der Waals surface area (Å²) in [7, 11) is 0. The van der Waals surface area contributed by atoms with E-state index in [2.05, 4.69) is 15.6 Å². The third kappa shape index (κ3) is 4.35. The van der Waals surface area contributed by atoms with Crippen molar-refractivity contribution >= 4 is 6.03 Å². The zero-order valence-electron chi connectivity index (χ0n) is 12.4. The third-order valence-corrected chi connectivity index (χ3v) is 4.04. The summed E-state index contributed by atoms with van der Waals surface area (Å²) in [5, 5.41) is 4.64. The molecular formula is C15H20F3N3O. The van der Waals surface area contributed by atoms with Crippen LogP contribution in [0.4, 0.5) is 18.0 Å². The second-order valence-corrected chi connectivity index (χ2v) is 5.69. The van der Waals surface area contributed by atoms with Crippen LogP contribution in [-0.2, 0) is 0 Å². The van der Waals surface area contributed by atoms with Crippen LogP contribution in [0.15, 0.2) is 24.5 Å². The molecule has 2 atom stereocenters. The van der Waals surface area contributed by atoms with Crippen molar-refractivity contribution in [1.29, 1.82) is 0 Å². The number of urea groups is 1. The molecule has 2 amide bonds. The molecule has 122 valence electrons. The summed E-state index contributed by atoms with van der Waals surface area (Å²) in [6.45, 7) is 1.70. The molecule has 4 nitrogen and oxygen atoms in total. The van der Waals surface area contributed by atoms with Gasteiger partial charge in [-0.3, -0.25) is 4.98 Å². The van der Waals surface area contributed by atoms with Gasteiger partial charge in [-0.2, -0.15) is 13.2 Å². The van der Waals surface area contributed by atoms with E-state index >= 15 is 0 Å². The van der Waals surface area contributed by atoms with Gasteiger partial charge in [0.1, 0.15) is 6.04 Å². The Kier molecular flexibility index (Phi) is 5.26. The Morgan fingerprint density at radius 2 is 2.00 bits per heavy atom. The van der Waals surface area contributed by atoms with Crippen molar-refractivity contribution < 1.29 is 18.0 Å². The van der Waals surface area contributed by atoms with E-state index < -0.39 is 30.2 Å². The van der Waals surface area contributed by atoms with Gasteiger partial charge in [-0.1, -0.05) is 18.9 Å². The standard InChI is InChI=1S/C15H20F3N3O/c1-10(12-7-4-8-19-9-12)20-14(22)21-13(15(16,17)18)11-5-2-3-6-11/h4,7-11,13H,2-3,5-6H2,1H3,(H2,20,21,22)/t10-,13+/m1/s1. The molecule has 0 aromatic carbocycles. The molecular weight excluding hydrogens is 295 g/mol. The van der Waals surface area contributed by atoms with Gasteiger partial charge in [0.25, 0.3) is 0 Å². The molecule has 1 saturated carbocycles. The molecule has 1 aromatic heterocycles. The highest BCUT2D eigenvalue weighted by Crippen LogP contribution is 2.35. The van der Waals surface area contributed by atoms with E-state index in [9.17, 15) is 18.0 Å². The minimum absolute atomic E-state index is 0.411. The van der Waals surface area contributed by atoms with E-state index in [1.54, 1.807) is 31.5 Å². The quantitative estimate of drug-likeness (QED) is 0.892. The van der Waals surface area contributed by atoms with Crippen molar-refractivity contribution in [3.63, 3.8) is 0 Å². The maximum Gasteiger partial charge on any atom is 0.408 e. The van der Waals surface area contributed by atoms with Crippen molar-refractivity contribution in [1.82, 2.24) is 15.6 Å². The van der Waals surface area contributed by atoms with E-state index in [1.807, 2.05) is 0 Å². The molecule has 2 N–H and O–H groups in total. The monoisotopic (exact) mass is 315 g/mol. The van der Waals surface area contributed by atoms with E-state index in [4.69, 9.17) is 0 Å². The normalized spacial score (nSPS) is 18.7. The summed E-state index contributed by atoms with van der Waals surface area (Å²) in [4.78, 5) is 15.8. The Bertz CT molecular complexity index is 487. The van der Waals surface area contributed by atoms with E-state index in [1.165, 1.54) is 0 Å². The number of pyridine rings is 1. The zero-order chi connectivity index (χ0) is 16.2. The molecule has 2 rings (SSSR count). The molecule has 1 fully saturated rings. The van der Waals surface area contributed by atoms with Crippen molar-refractivity contribution in [2.45, 2.75) is 50.9 Å². The van der Waals surface area contributed by atoms with Gasteiger partial charge in [-0.15, -0.1) is 0 Å². The Balaban J connectivity index is 1.96. The zero-order valence-corrected chi connectivity index (χ0v) is 12.4.